The minimum Gasteiger partial charge on any atom is -0.377 e. The summed E-state index contributed by atoms with van der Waals surface area (Å²) < 4.78 is 11.0. The molecule has 45 heavy (non-hydrogen) atoms. The Morgan fingerprint density at radius 3 is 1.96 bits per heavy atom. The van der Waals surface area contributed by atoms with Gasteiger partial charge < -0.3 is 24.6 Å². The Balaban J connectivity index is 0.000000172. The SMILES string of the molecule is CC(C)c1cnnc(Nc2ccc3ncc(N4CCOC[C@H]4C)cc3n2)c1.C[C@@H]1COCCN1c1cnc2ccc(Cl)nc2c1. The highest BCUT2D eigenvalue weighted by atomic mass is 35.5. The number of morpholine rings is 2. The third kappa shape index (κ3) is 7.38. The Morgan fingerprint density at radius 1 is 0.756 bits per heavy atom. The van der Waals surface area contributed by atoms with Crippen LogP contribution in [0.1, 0.15) is 39.2 Å². The van der Waals surface area contributed by atoms with E-state index >= 15 is 0 Å². The molecule has 0 spiro atoms. The summed E-state index contributed by atoms with van der Waals surface area (Å²) in [6.07, 6.45) is 5.60. The number of pyridine rings is 4. The molecule has 0 aromatic carbocycles. The van der Waals surface area contributed by atoms with Crippen molar-refractivity contribution in [2.75, 3.05) is 54.6 Å². The maximum atomic E-state index is 5.91. The van der Waals surface area contributed by atoms with Gasteiger partial charge in [0.15, 0.2) is 5.82 Å². The molecule has 0 amide bonds. The van der Waals surface area contributed by atoms with Crippen LogP contribution in [0.2, 0.25) is 5.15 Å². The van der Waals surface area contributed by atoms with E-state index in [-0.39, 0.29) is 0 Å². The smallest absolute Gasteiger partial charge is 0.154 e. The van der Waals surface area contributed by atoms with Gasteiger partial charge in [-0.3, -0.25) is 9.97 Å². The number of nitrogens with one attached hydrogen (secondary N) is 1. The molecule has 234 valence electrons. The summed E-state index contributed by atoms with van der Waals surface area (Å²) in [5.74, 6) is 1.82. The lowest BCUT2D eigenvalue weighted by Gasteiger charge is -2.35. The molecule has 0 saturated carbocycles. The van der Waals surface area contributed by atoms with E-state index in [2.05, 4.69) is 74.0 Å². The molecule has 2 atom stereocenters. The van der Waals surface area contributed by atoms with Crippen LogP contribution in [-0.2, 0) is 9.47 Å². The number of anilines is 4. The third-order valence-corrected chi connectivity index (χ3v) is 8.22. The van der Waals surface area contributed by atoms with Gasteiger partial charge >= 0.3 is 0 Å². The van der Waals surface area contributed by atoms with Crippen molar-refractivity contribution in [3.05, 3.63) is 71.8 Å². The molecule has 5 aromatic rings. The second-order valence-corrected chi connectivity index (χ2v) is 12.1. The highest BCUT2D eigenvalue weighted by molar-refractivity contribution is 6.29. The Kier molecular flexibility index (Phi) is 9.48. The lowest BCUT2D eigenvalue weighted by molar-refractivity contribution is 0.0989. The average molecular weight is 628 g/mol. The van der Waals surface area contributed by atoms with Crippen LogP contribution >= 0.6 is 11.6 Å². The number of hydrogen-bond acceptors (Lipinski definition) is 11. The van der Waals surface area contributed by atoms with Crippen LogP contribution in [-0.4, -0.2) is 81.7 Å². The molecule has 2 saturated heterocycles. The standard InChI is InChI=1S/C20H24N6O.C13H14ClN3O/c1-13(2)15-8-20(25-22-10-15)24-19-5-4-17-18(23-19)9-16(11-21-17)26-6-7-27-12-14(26)3;1-9-8-18-5-4-17(9)10-6-12-11(15-7-10)2-3-13(14)16-12/h4-5,8-11,13-14H,6-7,12H2,1-3H3,(H,23,24,25);2-3,6-7,9H,4-5,8H2,1H3/t14-;9-/m11/s1. The largest absolute Gasteiger partial charge is 0.377 e. The fraction of sp³-hybridized carbons (Fsp3) is 0.394. The van der Waals surface area contributed by atoms with Crippen molar-refractivity contribution < 1.29 is 9.47 Å². The number of ether oxygens (including phenoxy) is 2. The number of nitrogens with zero attached hydrogens (tertiary/aromatic N) is 8. The second-order valence-electron chi connectivity index (χ2n) is 11.7. The van der Waals surface area contributed by atoms with Crippen molar-refractivity contribution in [2.45, 2.75) is 45.7 Å². The van der Waals surface area contributed by atoms with E-state index in [0.29, 0.717) is 29.0 Å². The topological polar surface area (TPSA) is 114 Å². The van der Waals surface area contributed by atoms with E-state index < -0.39 is 0 Å². The lowest BCUT2D eigenvalue weighted by atomic mass is 10.1. The molecule has 5 aromatic heterocycles. The van der Waals surface area contributed by atoms with E-state index in [1.165, 1.54) is 0 Å². The Hall–Kier alpha value is -4.19. The van der Waals surface area contributed by atoms with Gasteiger partial charge in [0.1, 0.15) is 11.0 Å². The quantitative estimate of drug-likeness (QED) is 0.231. The minimum atomic E-state index is 0.327. The molecule has 2 fully saturated rings. The van der Waals surface area contributed by atoms with Gasteiger partial charge in [-0.1, -0.05) is 25.4 Å². The molecule has 11 nitrogen and oxygen atoms in total. The fourth-order valence-corrected chi connectivity index (χ4v) is 5.62. The first kappa shape index (κ1) is 30.8. The van der Waals surface area contributed by atoms with Gasteiger partial charge in [0.2, 0.25) is 0 Å². The summed E-state index contributed by atoms with van der Waals surface area (Å²) >= 11 is 5.91. The highest BCUT2D eigenvalue weighted by Crippen LogP contribution is 2.25. The molecule has 7 heterocycles. The maximum Gasteiger partial charge on any atom is 0.154 e. The van der Waals surface area contributed by atoms with Crippen LogP contribution < -0.4 is 15.1 Å². The van der Waals surface area contributed by atoms with Crippen molar-refractivity contribution in [2.24, 2.45) is 0 Å². The zero-order chi connectivity index (χ0) is 31.3. The lowest BCUT2D eigenvalue weighted by Crippen LogP contribution is -2.43. The zero-order valence-electron chi connectivity index (χ0n) is 26.0. The predicted octanol–water partition coefficient (Wildman–Crippen LogP) is 6.02. The van der Waals surface area contributed by atoms with E-state index in [1.54, 1.807) is 12.3 Å². The molecule has 0 unspecified atom stereocenters. The van der Waals surface area contributed by atoms with E-state index in [0.717, 1.165) is 84.3 Å². The van der Waals surface area contributed by atoms with Gasteiger partial charge in [-0.15, -0.1) is 5.10 Å². The summed E-state index contributed by atoms with van der Waals surface area (Å²) in [7, 11) is 0. The zero-order valence-corrected chi connectivity index (χ0v) is 26.8. The Labute approximate surface area is 268 Å². The molecule has 2 aliphatic heterocycles. The molecule has 7 rings (SSSR count). The second kappa shape index (κ2) is 13.8. The molecular formula is C33H38ClN9O2. The van der Waals surface area contributed by atoms with E-state index in [4.69, 9.17) is 26.1 Å². The van der Waals surface area contributed by atoms with Crippen molar-refractivity contribution in [3.63, 3.8) is 0 Å². The molecule has 1 N–H and O–H groups in total. The van der Waals surface area contributed by atoms with Crippen LogP contribution in [0, 0.1) is 0 Å². The Bertz CT molecular complexity index is 1770. The van der Waals surface area contributed by atoms with Crippen LogP contribution in [0.3, 0.4) is 0 Å². The average Bonchev–Trinajstić information content (AvgIpc) is 3.05. The fourth-order valence-electron chi connectivity index (χ4n) is 5.46. The number of rotatable bonds is 5. The van der Waals surface area contributed by atoms with Crippen LogP contribution in [0.4, 0.5) is 23.0 Å². The van der Waals surface area contributed by atoms with Gasteiger partial charge in [0, 0.05) is 25.2 Å². The molecule has 12 heteroatoms. The first-order chi connectivity index (χ1) is 21.8. The van der Waals surface area contributed by atoms with Gasteiger partial charge in [0.25, 0.3) is 0 Å². The van der Waals surface area contributed by atoms with Crippen LogP contribution in [0.25, 0.3) is 22.1 Å². The first-order valence-electron chi connectivity index (χ1n) is 15.3. The van der Waals surface area contributed by atoms with Gasteiger partial charge in [-0.25, -0.2) is 9.97 Å². The normalized spacial score (nSPS) is 18.6. The minimum absolute atomic E-state index is 0.327. The summed E-state index contributed by atoms with van der Waals surface area (Å²) in [6.45, 7) is 13.3. The number of hydrogen-bond donors (Lipinski definition) is 1. The summed E-state index contributed by atoms with van der Waals surface area (Å²) in [5, 5.41) is 12.0. The number of halogens is 1. The molecule has 0 bridgehead atoms. The van der Waals surface area contributed by atoms with E-state index in [1.807, 2.05) is 42.7 Å². The van der Waals surface area contributed by atoms with Crippen molar-refractivity contribution in [1.29, 1.82) is 0 Å². The molecular weight excluding hydrogens is 590 g/mol. The van der Waals surface area contributed by atoms with Gasteiger partial charge in [-0.05, 0) is 67.8 Å². The van der Waals surface area contributed by atoms with Crippen molar-refractivity contribution in [1.82, 2.24) is 30.1 Å². The molecule has 0 aliphatic carbocycles. The molecule has 0 radical (unpaired) electrons. The van der Waals surface area contributed by atoms with Crippen LogP contribution in [0.15, 0.2) is 61.1 Å². The highest BCUT2D eigenvalue weighted by Gasteiger charge is 2.21. The predicted molar refractivity (Wildman–Crippen MR) is 179 cm³/mol. The summed E-state index contributed by atoms with van der Waals surface area (Å²) in [6, 6.07) is 14.3. The van der Waals surface area contributed by atoms with E-state index in [9.17, 15) is 0 Å². The monoisotopic (exact) mass is 627 g/mol. The Morgan fingerprint density at radius 2 is 1.36 bits per heavy atom. The number of aromatic nitrogens is 6. The van der Waals surface area contributed by atoms with Crippen LogP contribution in [0.5, 0.6) is 0 Å². The third-order valence-electron chi connectivity index (χ3n) is 8.01. The van der Waals surface area contributed by atoms with Gasteiger partial charge in [0.05, 0.1) is 78.5 Å². The van der Waals surface area contributed by atoms with Gasteiger partial charge in [-0.2, -0.15) is 5.10 Å². The molecule has 2 aliphatic rings. The summed E-state index contributed by atoms with van der Waals surface area (Å²) in [5.41, 5.74) is 6.70. The van der Waals surface area contributed by atoms with Crippen molar-refractivity contribution >= 4 is 56.7 Å². The first-order valence-corrected chi connectivity index (χ1v) is 15.7. The summed E-state index contributed by atoms with van der Waals surface area (Å²) in [4.78, 5) is 22.6. The van der Waals surface area contributed by atoms with Crippen molar-refractivity contribution in [3.8, 4) is 0 Å². The number of fused-ring (bicyclic) bond motifs is 2. The maximum absolute atomic E-state index is 5.91.